The van der Waals surface area contributed by atoms with Crippen LogP contribution in [-0.4, -0.2) is 22.5 Å². The van der Waals surface area contributed by atoms with E-state index in [4.69, 9.17) is 26.7 Å². The number of benzene rings is 2. The lowest BCUT2D eigenvalue weighted by molar-refractivity contribution is 0.216. The predicted molar refractivity (Wildman–Crippen MR) is 125 cm³/mol. The second-order valence-electron chi connectivity index (χ2n) is 7.11. The van der Waals surface area contributed by atoms with Crippen molar-refractivity contribution in [2.45, 2.75) is 33.9 Å². The van der Waals surface area contributed by atoms with Crippen molar-refractivity contribution in [3.63, 3.8) is 0 Å². The SMILES string of the molecule is C/C=C(/OCc1ccccc1)C(Cn1nc(C)c(-c2ccc(C#N)c(Cl)c2)c1C)=NC. The van der Waals surface area contributed by atoms with Crippen LogP contribution in [0.3, 0.4) is 0 Å². The van der Waals surface area contributed by atoms with E-state index >= 15 is 0 Å². The lowest BCUT2D eigenvalue weighted by Crippen LogP contribution is -2.17. The molecule has 5 nitrogen and oxygen atoms in total. The van der Waals surface area contributed by atoms with Gasteiger partial charge in [0, 0.05) is 18.3 Å². The quantitative estimate of drug-likeness (QED) is 0.345. The molecule has 0 aliphatic heterocycles. The average molecular weight is 433 g/mol. The van der Waals surface area contributed by atoms with Gasteiger partial charge in [0.25, 0.3) is 0 Å². The van der Waals surface area contributed by atoms with Crippen LogP contribution in [0.2, 0.25) is 5.02 Å². The van der Waals surface area contributed by atoms with Crippen molar-refractivity contribution in [3.8, 4) is 17.2 Å². The Hall–Kier alpha value is -3.36. The highest BCUT2D eigenvalue weighted by Crippen LogP contribution is 2.30. The molecule has 0 aliphatic carbocycles. The zero-order valence-electron chi connectivity index (χ0n) is 18.2. The van der Waals surface area contributed by atoms with Crippen LogP contribution in [-0.2, 0) is 17.9 Å². The normalized spacial score (nSPS) is 12.0. The zero-order valence-corrected chi connectivity index (χ0v) is 18.9. The van der Waals surface area contributed by atoms with Gasteiger partial charge < -0.3 is 4.74 Å². The van der Waals surface area contributed by atoms with Gasteiger partial charge in [0.15, 0.2) is 0 Å². The minimum atomic E-state index is 0.438. The van der Waals surface area contributed by atoms with Crippen molar-refractivity contribution in [1.82, 2.24) is 9.78 Å². The van der Waals surface area contributed by atoms with E-state index in [2.05, 4.69) is 11.1 Å². The van der Waals surface area contributed by atoms with Gasteiger partial charge in [-0.2, -0.15) is 10.4 Å². The molecule has 0 amide bonds. The monoisotopic (exact) mass is 432 g/mol. The number of nitriles is 1. The molecule has 0 N–H and O–H groups in total. The van der Waals surface area contributed by atoms with Gasteiger partial charge in [0.05, 0.1) is 28.5 Å². The summed E-state index contributed by atoms with van der Waals surface area (Å²) in [4.78, 5) is 4.46. The van der Waals surface area contributed by atoms with E-state index in [0.29, 0.717) is 23.7 Å². The summed E-state index contributed by atoms with van der Waals surface area (Å²) >= 11 is 6.25. The molecule has 1 heterocycles. The van der Waals surface area contributed by atoms with E-state index in [1.54, 1.807) is 13.1 Å². The Balaban J connectivity index is 1.83. The molecule has 1 aromatic heterocycles. The maximum absolute atomic E-state index is 9.13. The molecule has 158 valence electrons. The van der Waals surface area contributed by atoms with Gasteiger partial charge in [-0.1, -0.05) is 48.0 Å². The molecule has 3 aromatic rings. The summed E-state index contributed by atoms with van der Waals surface area (Å²) in [7, 11) is 1.76. The first-order valence-corrected chi connectivity index (χ1v) is 10.4. The summed E-state index contributed by atoms with van der Waals surface area (Å²) in [6.45, 7) is 6.90. The number of halogens is 1. The Kier molecular flexibility index (Phi) is 7.28. The first-order chi connectivity index (χ1) is 15.0. The number of nitrogens with zero attached hydrogens (tertiary/aromatic N) is 4. The van der Waals surface area contributed by atoms with Crippen LogP contribution >= 0.6 is 11.6 Å². The lowest BCUT2D eigenvalue weighted by Gasteiger charge is -2.14. The molecule has 0 spiro atoms. The molecule has 0 saturated carbocycles. The summed E-state index contributed by atoms with van der Waals surface area (Å²) in [5, 5.41) is 14.3. The van der Waals surface area contributed by atoms with Crippen molar-refractivity contribution in [2.75, 3.05) is 7.05 Å². The maximum atomic E-state index is 9.13. The van der Waals surface area contributed by atoms with Crippen molar-refractivity contribution >= 4 is 17.3 Å². The number of ether oxygens (including phenoxy) is 1. The molecule has 0 fully saturated rings. The van der Waals surface area contributed by atoms with Gasteiger partial charge in [-0.05, 0) is 50.1 Å². The van der Waals surface area contributed by atoms with Gasteiger partial charge in [0.2, 0.25) is 0 Å². The van der Waals surface area contributed by atoms with E-state index < -0.39 is 0 Å². The minimum Gasteiger partial charge on any atom is -0.487 e. The van der Waals surface area contributed by atoms with Gasteiger partial charge in [-0.3, -0.25) is 9.67 Å². The molecule has 0 bridgehead atoms. The highest BCUT2D eigenvalue weighted by Gasteiger charge is 2.17. The topological polar surface area (TPSA) is 63.2 Å². The molecule has 0 unspecified atom stereocenters. The lowest BCUT2D eigenvalue weighted by atomic mass is 10.0. The molecule has 6 heteroatoms. The molecule has 3 rings (SSSR count). The fraction of sp³-hybridized carbons (Fsp3) is 0.240. The van der Waals surface area contributed by atoms with Crippen molar-refractivity contribution in [3.05, 3.63) is 87.9 Å². The molecule has 31 heavy (non-hydrogen) atoms. The molecule has 0 radical (unpaired) electrons. The van der Waals surface area contributed by atoms with Crippen LogP contribution in [0.4, 0.5) is 0 Å². The van der Waals surface area contributed by atoms with Crippen LogP contribution in [0.25, 0.3) is 11.1 Å². The number of hydrogen-bond acceptors (Lipinski definition) is 4. The van der Waals surface area contributed by atoms with E-state index in [0.717, 1.165) is 39.5 Å². The fourth-order valence-electron chi connectivity index (χ4n) is 3.50. The molecule has 0 saturated heterocycles. The Morgan fingerprint density at radius 2 is 1.97 bits per heavy atom. The van der Waals surface area contributed by atoms with Crippen LogP contribution in [0.15, 0.2) is 65.4 Å². The van der Waals surface area contributed by atoms with Gasteiger partial charge in [-0.15, -0.1) is 0 Å². The minimum absolute atomic E-state index is 0.438. The second kappa shape index (κ2) is 10.1. The number of aryl methyl sites for hydroxylation is 1. The second-order valence-corrected chi connectivity index (χ2v) is 7.51. The Morgan fingerprint density at radius 3 is 2.58 bits per heavy atom. The molecule has 0 aliphatic rings. The summed E-state index contributed by atoms with van der Waals surface area (Å²) in [6, 6.07) is 17.6. The number of hydrogen-bond donors (Lipinski definition) is 0. The molecular weight excluding hydrogens is 408 g/mol. The Labute approximate surface area is 188 Å². The van der Waals surface area contributed by atoms with Crippen LogP contribution in [0, 0.1) is 25.2 Å². The Bertz CT molecular complexity index is 1170. The third kappa shape index (κ3) is 5.04. The molecular formula is C25H25ClN4O. The van der Waals surface area contributed by atoms with Crippen LogP contribution in [0.5, 0.6) is 0 Å². The van der Waals surface area contributed by atoms with E-state index in [1.807, 2.05) is 74.0 Å². The highest BCUT2D eigenvalue weighted by atomic mass is 35.5. The molecule has 2 aromatic carbocycles. The van der Waals surface area contributed by atoms with Gasteiger partial charge in [0.1, 0.15) is 18.4 Å². The van der Waals surface area contributed by atoms with Crippen molar-refractivity contribution in [2.24, 2.45) is 4.99 Å². The number of allylic oxidation sites excluding steroid dienone is 2. The standard InChI is InChI=1S/C25H25ClN4O/c1-5-24(31-16-19-9-7-6-8-10-19)23(28-4)15-30-18(3)25(17(2)29-30)20-11-12-21(14-27)22(26)13-20/h5-13H,15-16H2,1-4H3/b24-5+,28-23?. The number of rotatable bonds is 7. The van der Waals surface area contributed by atoms with Crippen LogP contribution < -0.4 is 0 Å². The summed E-state index contributed by atoms with van der Waals surface area (Å²) in [6.07, 6.45) is 1.93. The predicted octanol–water partition coefficient (Wildman–Crippen LogP) is 5.88. The first-order valence-electron chi connectivity index (χ1n) is 10.0. The third-order valence-corrected chi connectivity index (χ3v) is 5.43. The highest BCUT2D eigenvalue weighted by molar-refractivity contribution is 6.32. The first kappa shape index (κ1) is 22.3. The van der Waals surface area contributed by atoms with Crippen LogP contribution in [0.1, 0.15) is 29.4 Å². The zero-order chi connectivity index (χ0) is 22.4. The number of aliphatic imine (C=N–C) groups is 1. The van der Waals surface area contributed by atoms with Gasteiger partial charge in [-0.25, -0.2) is 0 Å². The fourth-order valence-corrected chi connectivity index (χ4v) is 3.72. The van der Waals surface area contributed by atoms with E-state index in [1.165, 1.54) is 0 Å². The number of aromatic nitrogens is 2. The summed E-state index contributed by atoms with van der Waals surface area (Å²) in [5.74, 6) is 0.738. The van der Waals surface area contributed by atoms with Crippen molar-refractivity contribution in [1.29, 1.82) is 5.26 Å². The smallest absolute Gasteiger partial charge is 0.138 e. The molecule has 0 atom stereocenters. The largest absolute Gasteiger partial charge is 0.487 e. The maximum Gasteiger partial charge on any atom is 0.138 e. The van der Waals surface area contributed by atoms with Gasteiger partial charge >= 0.3 is 0 Å². The third-order valence-electron chi connectivity index (χ3n) is 5.11. The van der Waals surface area contributed by atoms with E-state index in [9.17, 15) is 0 Å². The summed E-state index contributed by atoms with van der Waals surface area (Å²) < 4.78 is 7.97. The average Bonchev–Trinajstić information content (AvgIpc) is 3.06. The van der Waals surface area contributed by atoms with E-state index in [-0.39, 0.29) is 0 Å². The summed E-state index contributed by atoms with van der Waals surface area (Å²) in [5.41, 5.74) is 6.21. The van der Waals surface area contributed by atoms with Crippen molar-refractivity contribution < 1.29 is 4.74 Å². The Morgan fingerprint density at radius 1 is 1.23 bits per heavy atom.